The van der Waals surface area contributed by atoms with E-state index < -0.39 is 10.0 Å². The summed E-state index contributed by atoms with van der Waals surface area (Å²) >= 11 is 3.23. The van der Waals surface area contributed by atoms with Gasteiger partial charge in [0.05, 0.1) is 0 Å². The van der Waals surface area contributed by atoms with Gasteiger partial charge in [0.1, 0.15) is 4.90 Å². The van der Waals surface area contributed by atoms with Gasteiger partial charge in [0.25, 0.3) is 0 Å². The summed E-state index contributed by atoms with van der Waals surface area (Å²) in [5.41, 5.74) is 2.32. The highest BCUT2D eigenvalue weighted by molar-refractivity contribution is 9.10. The van der Waals surface area contributed by atoms with Crippen LogP contribution >= 0.6 is 15.9 Å². The largest absolute Gasteiger partial charge is 0.307 e. The second-order valence-corrected chi connectivity index (χ2v) is 8.17. The number of rotatable bonds is 5. The van der Waals surface area contributed by atoms with E-state index >= 15 is 0 Å². The molecule has 0 bridgehead atoms. The van der Waals surface area contributed by atoms with Crippen LogP contribution in [0.3, 0.4) is 0 Å². The van der Waals surface area contributed by atoms with Crippen molar-refractivity contribution < 1.29 is 8.42 Å². The lowest BCUT2D eigenvalue weighted by molar-refractivity contribution is 0.257. The molecule has 118 valence electrons. The van der Waals surface area contributed by atoms with E-state index in [2.05, 4.69) is 38.0 Å². The zero-order chi connectivity index (χ0) is 15.5. The molecule has 2 unspecified atom stereocenters. The van der Waals surface area contributed by atoms with Crippen LogP contribution in [0.15, 0.2) is 21.6 Å². The maximum Gasteiger partial charge on any atom is 0.244 e. The molecule has 6 nitrogen and oxygen atoms in total. The minimum absolute atomic E-state index is 0.0582. The van der Waals surface area contributed by atoms with Crippen LogP contribution < -0.4 is 16.0 Å². The van der Waals surface area contributed by atoms with Crippen LogP contribution in [-0.4, -0.2) is 19.9 Å². The first-order valence-electron chi connectivity index (χ1n) is 7.06. The molecule has 0 spiro atoms. The van der Waals surface area contributed by atoms with Crippen LogP contribution in [0.4, 0.5) is 5.82 Å². The molecule has 0 aromatic carbocycles. The van der Waals surface area contributed by atoms with Gasteiger partial charge in [0.15, 0.2) is 5.82 Å². The molecule has 4 N–H and O–H groups in total. The Kier molecular flexibility index (Phi) is 5.59. The van der Waals surface area contributed by atoms with Crippen molar-refractivity contribution in [3.8, 4) is 0 Å². The third-order valence-corrected chi connectivity index (χ3v) is 5.94. The van der Waals surface area contributed by atoms with Gasteiger partial charge in [-0.2, -0.15) is 0 Å². The summed E-state index contributed by atoms with van der Waals surface area (Å²) in [7, 11) is -3.63. The predicted octanol–water partition coefficient (Wildman–Crippen LogP) is 2.23. The van der Waals surface area contributed by atoms with Crippen molar-refractivity contribution in [2.75, 3.05) is 12.0 Å². The van der Waals surface area contributed by atoms with E-state index in [-0.39, 0.29) is 10.7 Å². The third kappa shape index (κ3) is 4.15. The number of hydrogen-bond donors (Lipinski definition) is 3. The van der Waals surface area contributed by atoms with Gasteiger partial charge in [-0.05, 0) is 40.3 Å². The molecule has 2 atom stereocenters. The van der Waals surface area contributed by atoms with Crippen molar-refractivity contribution >= 4 is 31.8 Å². The van der Waals surface area contributed by atoms with Gasteiger partial charge in [0, 0.05) is 17.2 Å². The van der Waals surface area contributed by atoms with Crippen LogP contribution in [0.1, 0.15) is 32.6 Å². The van der Waals surface area contributed by atoms with Crippen LogP contribution in [0.2, 0.25) is 0 Å². The lowest BCUT2D eigenvalue weighted by Gasteiger charge is -2.28. The number of nitrogens with one attached hydrogen (secondary N) is 2. The highest BCUT2D eigenvalue weighted by Crippen LogP contribution is 2.29. The normalized spacial score (nSPS) is 23.0. The molecule has 1 heterocycles. The van der Waals surface area contributed by atoms with Gasteiger partial charge in [-0.1, -0.05) is 26.2 Å². The number of pyridine rings is 1. The number of sulfonamides is 1. The molecule has 0 radical (unpaired) electrons. The molecule has 2 rings (SSSR count). The molecule has 0 aliphatic heterocycles. The molecule has 1 aliphatic carbocycles. The number of anilines is 1. The molecule has 1 fully saturated rings. The maximum absolute atomic E-state index is 12.4. The van der Waals surface area contributed by atoms with E-state index in [1.807, 2.05) is 0 Å². The Bertz CT molecular complexity index is 594. The quantitative estimate of drug-likeness (QED) is 0.540. The first kappa shape index (κ1) is 16.7. The molecular formula is C13H21BrN4O2S. The van der Waals surface area contributed by atoms with E-state index in [1.165, 1.54) is 31.5 Å². The molecular weight excluding hydrogens is 356 g/mol. The van der Waals surface area contributed by atoms with Gasteiger partial charge in [-0.3, -0.25) is 0 Å². The van der Waals surface area contributed by atoms with Gasteiger partial charge >= 0.3 is 0 Å². The summed E-state index contributed by atoms with van der Waals surface area (Å²) in [6.45, 7) is 2.64. The van der Waals surface area contributed by atoms with Gasteiger partial charge in [-0.15, -0.1) is 0 Å². The van der Waals surface area contributed by atoms with Gasteiger partial charge in [-0.25, -0.2) is 24.0 Å². The third-order valence-electron chi connectivity index (χ3n) is 4.07. The summed E-state index contributed by atoms with van der Waals surface area (Å²) in [4.78, 5) is 4.03. The zero-order valence-corrected chi connectivity index (χ0v) is 14.4. The number of nitrogens with zero attached hydrogens (tertiary/aromatic N) is 1. The van der Waals surface area contributed by atoms with Crippen molar-refractivity contribution in [2.45, 2.75) is 37.5 Å². The maximum atomic E-state index is 12.4. The standard InChI is InChI=1S/C13H21BrN4O2S/c1-9-4-2-3-5-10(9)7-17-21(19,20)12-6-11(14)8-16-13(12)18-15/h6,8-10,17H,2-5,7,15H2,1H3,(H,16,18). The Hall–Kier alpha value is -0.700. The van der Waals surface area contributed by atoms with Crippen LogP contribution in [0.25, 0.3) is 0 Å². The molecule has 0 amide bonds. The summed E-state index contributed by atoms with van der Waals surface area (Å²) in [5.74, 6) is 6.42. The summed E-state index contributed by atoms with van der Waals surface area (Å²) in [6, 6.07) is 1.49. The van der Waals surface area contributed by atoms with Crippen molar-refractivity contribution in [3.63, 3.8) is 0 Å². The topological polar surface area (TPSA) is 97.1 Å². The van der Waals surface area contributed by atoms with Gasteiger partial charge < -0.3 is 5.43 Å². The first-order chi connectivity index (χ1) is 9.94. The number of nitrogens with two attached hydrogens (primary N) is 1. The van der Waals surface area contributed by atoms with Crippen molar-refractivity contribution in [1.82, 2.24) is 9.71 Å². The Balaban J connectivity index is 2.13. The fourth-order valence-electron chi connectivity index (χ4n) is 2.72. The van der Waals surface area contributed by atoms with E-state index in [9.17, 15) is 8.42 Å². The van der Waals surface area contributed by atoms with Crippen LogP contribution in [0.5, 0.6) is 0 Å². The number of halogens is 1. The highest BCUT2D eigenvalue weighted by Gasteiger charge is 2.25. The summed E-state index contributed by atoms with van der Waals surface area (Å²) < 4.78 is 28.2. The van der Waals surface area contributed by atoms with E-state index in [0.717, 1.165) is 6.42 Å². The van der Waals surface area contributed by atoms with E-state index in [4.69, 9.17) is 5.84 Å². The van der Waals surface area contributed by atoms with Crippen molar-refractivity contribution in [2.24, 2.45) is 17.7 Å². The van der Waals surface area contributed by atoms with E-state index in [1.54, 1.807) is 0 Å². The SMILES string of the molecule is CC1CCCCC1CNS(=O)(=O)c1cc(Br)cnc1NN. The smallest absolute Gasteiger partial charge is 0.244 e. The number of hydrazine groups is 1. The zero-order valence-electron chi connectivity index (χ0n) is 12.0. The fraction of sp³-hybridized carbons (Fsp3) is 0.615. The predicted molar refractivity (Wildman–Crippen MR) is 86.1 cm³/mol. The summed E-state index contributed by atoms with van der Waals surface area (Å²) in [5, 5.41) is 0. The number of aromatic nitrogens is 1. The van der Waals surface area contributed by atoms with Crippen LogP contribution in [0, 0.1) is 11.8 Å². The number of nitrogen functional groups attached to an aromatic ring is 1. The molecule has 1 aromatic rings. The Morgan fingerprint density at radius 2 is 2.14 bits per heavy atom. The molecule has 1 aliphatic rings. The molecule has 1 saturated carbocycles. The van der Waals surface area contributed by atoms with Crippen LogP contribution in [-0.2, 0) is 10.0 Å². The summed E-state index contributed by atoms with van der Waals surface area (Å²) in [6.07, 6.45) is 6.15. The number of hydrogen-bond acceptors (Lipinski definition) is 5. The van der Waals surface area contributed by atoms with Crippen molar-refractivity contribution in [3.05, 3.63) is 16.7 Å². The first-order valence-corrected chi connectivity index (χ1v) is 9.33. The highest BCUT2D eigenvalue weighted by atomic mass is 79.9. The Labute approximate surface area is 134 Å². The fourth-order valence-corrected chi connectivity index (χ4v) is 4.44. The molecule has 0 saturated heterocycles. The molecule has 8 heteroatoms. The second-order valence-electron chi connectivity index (χ2n) is 5.52. The van der Waals surface area contributed by atoms with E-state index in [0.29, 0.717) is 22.9 Å². The average Bonchev–Trinajstić information content (AvgIpc) is 2.46. The minimum Gasteiger partial charge on any atom is -0.307 e. The second kappa shape index (κ2) is 7.04. The molecule has 1 aromatic heterocycles. The van der Waals surface area contributed by atoms with Crippen molar-refractivity contribution in [1.29, 1.82) is 0 Å². The van der Waals surface area contributed by atoms with Gasteiger partial charge in [0.2, 0.25) is 10.0 Å². The lowest BCUT2D eigenvalue weighted by Crippen LogP contribution is -2.34. The minimum atomic E-state index is -3.63. The Morgan fingerprint density at radius 3 is 2.81 bits per heavy atom. The Morgan fingerprint density at radius 1 is 1.43 bits per heavy atom. The monoisotopic (exact) mass is 376 g/mol. The molecule has 21 heavy (non-hydrogen) atoms. The lowest BCUT2D eigenvalue weighted by atomic mass is 9.81. The average molecular weight is 377 g/mol.